The molecule has 152 valence electrons. The molecule has 7 heteroatoms. The Balaban J connectivity index is 1.39. The van der Waals surface area contributed by atoms with E-state index < -0.39 is 0 Å². The highest BCUT2D eigenvalue weighted by Gasteiger charge is 2.37. The lowest BCUT2D eigenvalue weighted by Gasteiger charge is -2.36. The van der Waals surface area contributed by atoms with Gasteiger partial charge in [-0.15, -0.1) is 0 Å². The number of ether oxygens (including phenoxy) is 1. The summed E-state index contributed by atoms with van der Waals surface area (Å²) in [6, 6.07) is 9.44. The second-order valence-corrected chi connectivity index (χ2v) is 7.36. The molecule has 2 fully saturated rings. The van der Waals surface area contributed by atoms with Crippen molar-refractivity contribution in [3.63, 3.8) is 0 Å². The smallest absolute Gasteiger partial charge is 0.228 e. The van der Waals surface area contributed by atoms with E-state index in [-0.39, 0.29) is 23.6 Å². The summed E-state index contributed by atoms with van der Waals surface area (Å²) >= 11 is 0. The molecule has 0 bridgehead atoms. The van der Waals surface area contributed by atoms with Gasteiger partial charge in [0.15, 0.2) is 0 Å². The Kier molecular flexibility index (Phi) is 6.90. The van der Waals surface area contributed by atoms with Crippen LogP contribution in [0.25, 0.3) is 0 Å². The fourth-order valence-electron chi connectivity index (χ4n) is 3.79. The second-order valence-electron chi connectivity index (χ2n) is 7.36. The molecule has 1 aromatic rings. The Morgan fingerprint density at radius 2 is 1.75 bits per heavy atom. The van der Waals surface area contributed by atoms with E-state index in [1.54, 1.807) is 14.7 Å². The third kappa shape index (κ3) is 5.03. The molecule has 2 saturated heterocycles. The van der Waals surface area contributed by atoms with Gasteiger partial charge in [-0.25, -0.2) is 0 Å². The predicted molar refractivity (Wildman–Crippen MR) is 105 cm³/mol. The van der Waals surface area contributed by atoms with Crippen molar-refractivity contribution >= 4 is 17.7 Å². The van der Waals surface area contributed by atoms with E-state index >= 15 is 0 Å². The van der Waals surface area contributed by atoms with E-state index in [9.17, 15) is 14.4 Å². The van der Waals surface area contributed by atoms with Crippen molar-refractivity contribution in [1.82, 2.24) is 14.7 Å². The van der Waals surface area contributed by atoms with E-state index in [2.05, 4.69) is 0 Å². The highest BCUT2D eigenvalue weighted by molar-refractivity contribution is 5.89. The summed E-state index contributed by atoms with van der Waals surface area (Å²) in [7, 11) is 0. The summed E-state index contributed by atoms with van der Waals surface area (Å²) in [4.78, 5) is 42.5. The number of likely N-dealkylation sites (tertiary alicyclic amines) is 1. The average molecular weight is 387 g/mol. The van der Waals surface area contributed by atoms with Gasteiger partial charge in [-0.3, -0.25) is 14.4 Å². The maximum atomic E-state index is 12.7. The van der Waals surface area contributed by atoms with Gasteiger partial charge in [0.05, 0.1) is 18.9 Å². The van der Waals surface area contributed by atoms with Gasteiger partial charge in [-0.2, -0.15) is 0 Å². The van der Waals surface area contributed by atoms with Crippen LogP contribution in [0.1, 0.15) is 26.2 Å². The van der Waals surface area contributed by atoms with Crippen LogP contribution < -0.4 is 4.74 Å². The van der Waals surface area contributed by atoms with Gasteiger partial charge in [0.25, 0.3) is 0 Å². The number of para-hydroxylation sites is 1. The lowest BCUT2D eigenvalue weighted by molar-refractivity contribution is -0.142. The van der Waals surface area contributed by atoms with Crippen molar-refractivity contribution in [3.8, 4) is 5.75 Å². The van der Waals surface area contributed by atoms with E-state index in [1.165, 1.54) is 0 Å². The fourth-order valence-corrected chi connectivity index (χ4v) is 3.79. The normalized spacial score (nSPS) is 19.8. The first-order valence-corrected chi connectivity index (χ1v) is 10.1. The maximum absolute atomic E-state index is 12.7. The van der Waals surface area contributed by atoms with E-state index in [0.29, 0.717) is 52.2 Å². The molecule has 2 heterocycles. The van der Waals surface area contributed by atoms with Crippen LogP contribution in [0.4, 0.5) is 0 Å². The molecule has 3 rings (SSSR count). The molecular formula is C21H29N3O4. The Bertz CT molecular complexity index is 686. The van der Waals surface area contributed by atoms with Crippen LogP contribution in [0.15, 0.2) is 30.3 Å². The van der Waals surface area contributed by atoms with Gasteiger partial charge < -0.3 is 19.4 Å². The Labute approximate surface area is 166 Å². The molecular weight excluding hydrogens is 358 g/mol. The highest BCUT2D eigenvalue weighted by Crippen LogP contribution is 2.21. The lowest BCUT2D eigenvalue weighted by atomic mass is 10.1. The number of nitrogens with zero attached hydrogens (tertiary/aromatic N) is 3. The number of benzene rings is 1. The molecule has 0 saturated carbocycles. The third-order valence-electron chi connectivity index (χ3n) is 5.33. The number of carbonyl (C=O) groups is 3. The van der Waals surface area contributed by atoms with Gasteiger partial charge in [-0.05, 0) is 18.6 Å². The van der Waals surface area contributed by atoms with Crippen LogP contribution in [0.3, 0.4) is 0 Å². The van der Waals surface area contributed by atoms with E-state index in [0.717, 1.165) is 18.7 Å². The van der Waals surface area contributed by atoms with Crippen molar-refractivity contribution < 1.29 is 19.1 Å². The lowest BCUT2D eigenvalue weighted by Crippen LogP contribution is -2.52. The topological polar surface area (TPSA) is 70.2 Å². The molecule has 28 heavy (non-hydrogen) atoms. The average Bonchev–Trinajstić information content (AvgIpc) is 3.09. The summed E-state index contributed by atoms with van der Waals surface area (Å²) in [5.41, 5.74) is 0. The Hall–Kier alpha value is -2.57. The zero-order chi connectivity index (χ0) is 19.9. The van der Waals surface area contributed by atoms with Gasteiger partial charge >= 0.3 is 0 Å². The number of amides is 3. The molecule has 3 amide bonds. The molecule has 1 unspecified atom stereocenters. The second kappa shape index (κ2) is 9.57. The van der Waals surface area contributed by atoms with E-state index in [4.69, 9.17) is 4.74 Å². The Morgan fingerprint density at radius 1 is 1.07 bits per heavy atom. The van der Waals surface area contributed by atoms with Gasteiger partial charge in [0, 0.05) is 45.7 Å². The standard InChI is InChI=1S/C21H29N3O4/c1-2-9-24-16-17(15-20(24)26)21(27)23-12-10-22(11-13-23)19(25)8-14-28-18-6-4-3-5-7-18/h3-7,17H,2,8-16H2,1H3. The van der Waals surface area contributed by atoms with Crippen LogP contribution in [0, 0.1) is 5.92 Å². The first kappa shape index (κ1) is 20.2. The van der Waals surface area contributed by atoms with Crippen LogP contribution in [0.5, 0.6) is 5.75 Å². The summed E-state index contributed by atoms with van der Waals surface area (Å²) < 4.78 is 5.59. The molecule has 0 radical (unpaired) electrons. The molecule has 0 aliphatic carbocycles. The summed E-state index contributed by atoms with van der Waals surface area (Å²) in [5, 5.41) is 0. The predicted octanol–water partition coefficient (Wildman–Crippen LogP) is 1.38. The third-order valence-corrected chi connectivity index (χ3v) is 5.33. The summed E-state index contributed by atoms with van der Waals surface area (Å²) in [6.45, 7) is 5.76. The van der Waals surface area contributed by atoms with E-state index in [1.807, 2.05) is 37.3 Å². The summed E-state index contributed by atoms with van der Waals surface area (Å²) in [6.07, 6.45) is 1.54. The molecule has 2 aliphatic heterocycles. The number of rotatable bonds is 7. The zero-order valence-electron chi connectivity index (χ0n) is 16.5. The summed E-state index contributed by atoms with van der Waals surface area (Å²) in [5.74, 6) is 0.696. The highest BCUT2D eigenvalue weighted by atomic mass is 16.5. The minimum Gasteiger partial charge on any atom is -0.493 e. The van der Waals surface area contributed by atoms with Crippen molar-refractivity contribution in [1.29, 1.82) is 0 Å². The van der Waals surface area contributed by atoms with Crippen molar-refractivity contribution in [2.75, 3.05) is 45.9 Å². The minimum atomic E-state index is -0.236. The molecule has 1 aromatic carbocycles. The number of piperazine rings is 1. The monoisotopic (exact) mass is 387 g/mol. The maximum Gasteiger partial charge on any atom is 0.228 e. The van der Waals surface area contributed by atoms with Crippen molar-refractivity contribution in [2.45, 2.75) is 26.2 Å². The largest absolute Gasteiger partial charge is 0.493 e. The minimum absolute atomic E-state index is 0.0477. The first-order valence-electron chi connectivity index (χ1n) is 10.1. The quantitative estimate of drug-likeness (QED) is 0.709. The van der Waals surface area contributed by atoms with Crippen molar-refractivity contribution in [3.05, 3.63) is 30.3 Å². The fraction of sp³-hybridized carbons (Fsp3) is 0.571. The molecule has 1 atom stereocenters. The molecule has 7 nitrogen and oxygen atoms in total. The number of carbonyl (C=O) groups excluding carboxylic acids is 3. The van der Waals surface area contributed by atoms with Crippen molar-refractivity contribution in [2.24, 2.45) is 5.92 Å². The zero-order valence-corrected chi connectivity index (χ0v) is 16.5. The SMILES string of the molecule is CCCN1CC(C(=O)N2CCN(C(=O)CCOc3ccccc3)CC2)CC1=O. The molecule has 0 N–H and O–H groups in total. The van der Waals surface area contributed by atoms with Gasteiger partial charge in [0.2, 0.25) is 17.7 Å². The number of hydrogen-bond donors (Lipinski definition) is 0. The van der Waals surface area contributed by atoms with Gasteiger partial charge in [0.1, 0.15) is 5.75 Å². The van der Waals surface area contributed by atoms with Crippen LogP contribution in [-0.2, 0) is 14.4 Å². The Morgan fingerprint density at radius 3 is 2.43 bits per heavy atom. The first-order chi connectivity index (χ1) is 13.6. The molecule has 2 aliphatic rings. The number of hydrogen-bond acceptors (Lipinski definition) is 4. The molecule has 0 aromatic heterocycles. The van der Waals surface area contributed by atoms with Crippen LogP contribution >= 0.6 is 0 Å². The van der Waals surface area contributed by atoms with Gasteiger partial charge in [-0.1, -0.05) is 25.1 Å². The molecule has 0 spiro atoms. The van der Waals surface area contributed by atoms with Crippen LogP contribution in [0.2, 0.25) is 0 Å². The van der Waals surface area contributed by atoms with Crippen LogP contribution in [-0.4, -0.2) is 78.3 Å².